The van der Waals surface area contributed by atoms with Crippen LogP contribution in [0.25, 0.3) is 0 Å². The summed E-state index contributed by atoms with van der Waals surface area (Å²) >= 11 is 0. The van der Waals surface area contributed by atoms with E-state index in [9.17, 15) is 21.6 Å². The third kappa shape index (κ3) is 6.68. The molecule has 0 fully saturated rings. The van der Waals surface area contributed by atoms with Crippen molar-refractivity contribution in [3.8, 4) is 5.75 Å². The zero-order valence-corrected chi connectivity index (χ0v) is 23.0. The molecule has 11 heteroatoms. The zero-order valence-electron chi connectivity index (χ0n) is 21.3. The minimum absolute atomic E-state index is 0.0362. The van der Waals surface area contributed by atoms with E-state index in [1.165, 1.54) is 37.4 Å². The van der Waals surface area contributed by atoms with Crippen molar-refractivity contribution >= 4 is 37.3 Å². The van der Waals surface area contributed by atoms with E-state index in [0.717, 1.165) is 9.87 Å². The zero-order chi connectivity index (χ0) is 27.4. The maximum atomic E-state index is 13.6. The molecule has 0 aromatic heterocycles. The number of nitrogens with one attached hydrogen (secondary N) is 2. The number of aryl methyl sites for hydroxylation is 2. The van der Waals surface area contributed by atoms with Crippen LogP contribution in [-0.4, -0.2) is 42.4 Å². The molecular weight excluding hydrogens is 514 g/mol. The quantitative estimate of drug-likeness (QED) is 0.399. The van der Waals surface area contributed by atoms with Crippen LogP contribution in [-0.2, 0) is 24.8 Å². The summed E-state index contributed by atoms with van der Waals surface area (Å²) in [7, 11) is -6.56. The van der Waals surface area contributed by atoms with Crippen LogP contribution in [0, 0.1) is 13.8 Å². The van der Waals surface area contributed by atoms with E-state index in [1.807, 2.05) is 13.0 Å². The molecule has 0 radical (unpaired) electrons. The van der Waals surface area contributed by atoms with Gasteiger partial charge in [0.2, 0.25) is 15.9 Å². The Balaban J connectivity index is 2.01. The number of ether oxygens (including phenoxy) is 1. The third-order valence-electron chi connectivity index (χ3n) is 5.40. The van der Waals surface area contributed by atoms with E-state index in [0.29, 0.717) is 11.3 Å². The van der Waals surface area contributed by atoms with Crippen molar-refractivity contribution in [1.82, 2.24) is 4.72 Å². The lowest BCUT2D eigenvalue weighted by molar-refractivity contribution is -0.114. The van der Waals surface area contributed by atoms with Crippen molar-refractivity contribution in [2.75, 3.05) is 23.3 Å². The van der Waals surface area contributed by atoms with E-state index in [-0.39, 0.29) is 27.3 Å². The maximum absolute atomic E-state index is 13.6. The van der Waals surface area contributed by atoms with Crippen LogP contribution in [0.5, 0.6) is 5.75 Å². The lowest BCUT2D eigenvalue weighted by Crippen LogP contribution is -2.38. The van der Waals surface area contributed by atoms with Crippen LogP contribution >= 0.6 is 0 Å². The second kappa shape index (κ2) is 11.3. The molecule has 0 unspecified atom stereocenters. The second-order valence-electron chi connectivity index (χ2n) is 8.80. The molecule has 0 spiro atoms. The first-order valence-corrected chi connectivity index (χ1v) is 14.4. The molecule has 37 heavy (non-hydrogen) atoms. The first-order valence-electron chi connectivity index (χ1n) is 11.5. The van der Waals surface area contributed by atoms with Crippen LogP contribution in [0.15, 0.2) is 76.5 Å². The van der Waals surface area contributed by atoms with Gasteiger partial charge in [-0.3, -0.25) is 9.10 Å². The SMILES string of the molecule is COc1ccc(S(=O)(=O)NC(C)C)cc1NC(=O)CN(c1cc(C)ccc1C)S(=O)(=O)c1ccccc1. The minimum atomic E-state index is -4.11. The Labute approximate surface area is 218 Å². The molecule has 3 aromatic rings. The first kappa shape index (κ1) is 28.2. The average molecular weight is 546 g/mol. The van der Waals surface area contributed by atoms with Crippen molar-refractivity contribution in [2.24, 2.45) is 0 Å². The van der Waals surface area contributed by atoms with Gasteiger partial charge in [-0.25, -0.2) is 21.6 Å². The lowest BCUT2D eigenvalue weighted by atomic mass is 10.1. The average Bonchev–Trinajstić information content (AvgIpc) is 2.84. The first-order chi connectivity index (χ1) is 17.3. The Bertz CT molecular complexity index is 1490. The summed E-state index contributed by atoms with van der Waals surface area (Å²) in [6.07, 6.45) is 0. The van der Waals surface area contributed by atoms with Gasteiger partial charge in [0.1, 0.15) is 12.3 Å². The Morgan fingerprint density at radius 2 is 1.59 bits per heavy atom. The van der Waals surface area contributed by atoms with E-state index < -0.39 is 32.5 Å². The number of rotatable bonds is 10. The van der Waals surface area contributed by atoms with E-state index in [1.54, 1.807) is 51.1 Å². The molecule has 198 valence electrons. The van der Waals surface area contributed by atoms with E-state index >= 15 is 0 Å². The Kier molecular flexibility index (Phi) is 8.62. The second-order valence-corrected chi connectivity index (χ2v) is 12.4. The molecule has 0 bridgehead atoms. The summed E-state index contributed by atoms with van der Waals surface area (Å²) in [5.74, 6) is -0.453. The molecule has 0 aliphatic rings. The highest BCUT2D eigenvalue weighted by Gasteiger charge is 2.29. The molecular formula is C26H31N3O6S2. The van der Waals surface area contributed by atoms with E-state index in [4.69, 9.17) is 4.74 Å². The summed E-state index contributed by atoms with van der Waals surface area (Å²) in [5.41, 5.74) is 1.95. The van der Waals surface area contributed by atoms with Gasteiger partial charge in [-0.2, -0.15) is 0 Å². The number of anilines is 2. The molecule has 3 aromatic carbocycles. The number of carbonyl (C=O) groups excluding carboxylic acids is 1. The summed E-state index contributed by atoms with van der Waals surface area (Å²) in [4.78, 5) is 13.2. The fourth-order valence-corrected chi connectivity index (χ4v) is 6.43. The third-order valence-corrected chi connectivity index (χ3v) is 8.83. The van der Waals surface area contributed by atoms with Crippen LogP contribution in [0.3, 0.4) is 0 Å². The van der Waals surface area contributed by atoms with Gasteiger partial charge >= 0.3 is 0 Å². The largest absolute Gasteiger partial charge is 0.495 e. The highest BCUT2D eigenvalue weighted by molar-refractivity contribution is 7.92. The predicted molar refractivity (Wildman–Crippen MR) is 144 cm³/mol. The van der Waals surface area contributed by atoms with Crippen molar-refractivity contribution < 1.29 is 26.4 Å². The van der Waals surface area contributed by atoms with Gasteiger partial charge in [-0.05, 0) is 75.2 Å². The Hall–Kier alpha value is -3.41. The number of sulfonamides is 2. The maximum Gasteiger partial charge on any atom is 0.264 e. The Morgan fingerprint density at radius 1 is 0.919 bits per heavy atom. The van der Waals surface area contributed by atoms with Gasteiger partial charge in [-0.15, -0.1) is 0 Å². The number of nitrogens with zero attached hydrogens (tertiary/aromatic N) is 1. The fourth-order valence-electron chi connectivity index (χ4n) is 3.66. The van der Waals surface area contributed by atoms with Crippen molar-refractivity contribution in [3.05, 3.63) is 77.9 Å². The molecule has 0 saturated heterocycles. The standard InChI is InChI=1S/C26H31N3O6S2/c1-18(2)28-36(31,32)22-13-14-25(35-5)23(16-22)27-26(30)17-29(24-15-19(3)11-12-20(24)4)37(33,34)21-9-7-6-8-10-21/h6-16,18,28H,17H2,1-5H3,(H,27,30). The normalized spacial score (nSPS) is 11.8. The molecule has 1 amide bonds. The highest BCUT2D eigenvalue weighted by Crippen LogP contribution is 2.30. The molecule has 2 N–H and O–H groups in total. The summed E-state index contributed by atoms with van der Waals surface area (Å²) in [6.45, 7) is 6.43. The van der Waals surface area contributed by atoms with E-state index in [2.05, 4.69) is 10.0 Å². The van der Waals surface area contributed by atoms with Gasteiger partial charge in [0, 0.05) is 6.04 Å². The number of hydrogen-bond acceptors (Lipinski definition) is 6. The van der Waals surface area contributed by atoms with Crippen LogP contribution in [0.4, 0.5) is 11.4 Å². The number of hydrogen-bond donors (Lipinski definition) is 2. The molecule has 9 nitrogen and oxygen atoms in total. The number of carbonyl (C=O) groups is 1. The van der Waals surface area contributed by atoms with Gasteiger partial charge in [0.05, 0.1) is 28.3 Å². The minimum Gasteiger partial charge on any atom is -0.495 e. The smallest absolute Gasteiger partial charge is 0.264 e. The number of amides is 1. The monoisotopic (exact) mass is 545 g/mol. The fraction of sp³-hybridized carbons (Fsp3) is 0.269. The molecule has 0 heterocycles. The topological polar surface area (TPSA) is 122 Å². The van der Waals surface area contributed by atoms with Crippen molar-refractivity contribution in [2.45, 2.75) is 43.5 Å². The Morgan fingerprint density at radius 3 is 2.22 bits per heavy atom. The van der Waals surface area contributed by atoms with Gasteiger partial charge in [0.15, 0.2) is 0 Å². The summed E-state index contributed by atoms with van der Waals surface area (Å²) < 4.78 is 61.4. The predicted octanol–water partition coefficient (Wildman–Crippen LogP) is 3.83. The summed E-state index contributed by atoms with van der Waals surface area (Å²) in [5, 5.41) is 2.62. The molecule has 0 atom stereocenters. The molecule has 3 rings (SSSR count). The molecule has 0 aliphatic heterocycles. The number of benzene rings is 3. The van der Waals surface area contributed by atoms with Gasteiger partial charge in [-0.1, -0.05) is 30.3 Å². The summed E-state index contributed by atoms with van der Waals surface area (Å²) in [6, 6.07) is 16.9. The van der Waals surface area contributed by atoms with Gasteiger partial charge < -0.3 is 10.1 Å². The van der Waals surface area contributed by atoms with Crippen molar-refractivity contribution in [1.29, 1.82) is 0 Å². The lowest BCUT2D eigenvalue weighted by Gasteiger charge is -2.26. The van der Waals surface area contributed by atoms with Gasteiger partial charge in [0.25, 0.3) is 10.0 Å². The molecule has 0 aliphatic carbocycles. The van der Waals surface area contributed by atoms with Crippen LogP contribution < -0.4 is 19.1 Å². The highest BCUT2D eigenvalue weighted by atomic mass is 32.2. The van der Waals surface area contributed by atoms with Crippen LogP contribution in [0.2, 0.25) is 0 Å². The molecule has 0 saturated carbocycles. The van der Waals surface area contributed by atoms with Crippen LogP contribution in [0.1, 0.15) is 25.0 Å². The number of methoxy groups -OCH3 is 1. The van der Waals surface area contributed by atoms with Crippen molar-refractivity contribution in [3.63, 3.8) is 0 Å².